The molecule has 3 rings (SSSR count). The van der Waals surface area contributed by atoms with Crippen LogP contribution in [0.3, 0.4) is 0 Å². The first-order valence-corrected chi connectivity index (χ1v) is 7.72. The van der Waals surface area contributed by atoms with Crippen LogP contribution in [0.2, 0.25) is 0 Å². The molecule has 2 heterocycles. The molecule has 0 aromatic carbocycles. The molecule has 1 saturated carbocycles. The lowest BCUT2D eigenvalue weighted by atomic mass is 9.92. The van der Waals surface area contributed by atoms with Crippen molar-refractivity contribution in [1.82, 2.24) is 9.97 Å². The molecule has 7 heteroatoms. The quantitative estimate of drug-likeness (QED) is 0.678. The summed E-state index contributed by atoms with van der Waals surface area (Å²) in [6.07, 6.45) is 7.21. The number of hydrogen-bond acceptors (Lipinski definition) is 6. The first-order valence-electron chi connectivity index (χ1n) is 7.72. The van der Waals surface area contributed by atoms with Crippen molar-refractivity contribution in [1.29, 1.82) is 0 Å². The molecule has 114 valence electrons. The second-order valence-corrected chi connectivity index (χ2v) is 5.78. The fourth-order valence-corrected chi connectivity index (χ4v) is 3.67. The monoisotopic (exact) mass is 291 g/mol. The third-order valence-corrected chi connectivity index (χ3v) is 4.55. The Hall–Kier alpha value is -1.92. The summed E-state index contributed by atoms with van der Waals surface area (Å²) in [4.78, 5) is 21.6. The van der Waals surface area contributed by atoms with Gasteiger partial charge in [0.2, 0.25) is 11.8 Å². The molecule has 1 aromatic rings. The highest BCUT2D eigenvalue weighted by Crippen LogP contribution is 2.40. The van der Waals surface area contributed by atoms with Crippen molar-refractivity contribution < 1.29 is 4.92 Å². The van der Waals surface area contributed by atoms with E-state index in [1.54, 1.807) is 0 Å². The predicted octanol–water partition coefficient (Wildman–Crippen LogP) is 2.59. The Morgan fingerprint density at radius 3 is 3.00 bits per heavy atom. The fraction of sp³-hybridized carbons (Fsp3) is 0.714. The third kappa shape index (κ3) is 2.64. The molecular formula is C14H21N5O2. The van der Waals surface area contributed by atoms with Crippen molar-refractivity contribution in [3.8, 4) is 0 Å². The van der Waals surface area contributed by atoms with Crippen LogP contribution in [-0.4, -0.2) is 34.0 Å². The highest BCUT2D eigenvalue weighted by Gasteiger charge is 2.38. The second-order valence-electron chi connectivity index (χ2n) is 5.78. The normalized spacial score (nSPS) is 24.7. The van der Waals surface area contributed by atoms with E-state index in [4.69, 9.17) is 0 Å². The number of rotatable bonds is 4. The van der Waals surface area contributed by atoms with Gasteiger partial charge in [-0.15, -0.1) is 0 Å². The minimum atomic E-state index is -0.371. The van der Waals surface area contributed by atoms with Gasteiger partial charge in [-0.25, -0.2) is 4.98 Å². The van der Waals surface area contributed by atoms with Crippen LogP contribution in [0, 0.1) is 16.0 Å². The molecule has 1 aliphatic carbocycles. The standard InChI is InChI=1S/C14H21N5O2/c1-2-15-14-16-9-12(19(20)21)13(17-14)18-8-4-6-10-5-3-7-11(10)18/h9-11H,2-8H2,1H3,(H,15,16,17). The molecule has 1 N–H and O–H groups in total. The van der Waals surface area contributed by atoms with Crippen molar-refractivity contribution in [2.75, 3.05) is 23.3 Å². The lowest BCUT2D eigenvalue weighted by Crippen LogP contribution is -2.43. The average molecular weight is 291 g/mol. The SMILES string of the molecule is CCNc1ncc([N+](=O)[O-])c(N2CCCC3CCCC32)n1. The molecular weight excluding hydrogens is 270 g/mol. The van der Waals surface area contributed by atoms with Crippen LogP contribution in [0.15, 0.2) is 6.20 Å². The second kappa shape index (κ2) is 5.83. The van der Waals surface area contributed by atoms with Crippen molar-refractivity contribution in [2.45, 2.75) is 45.1 Å². The van der Waals surface area contributed by atoms with Crippen LogP contribution in [0.25, 0.3) is 0 Å². The molecule has 0 bridgehead atoms. The van der Waals surface area contributed by atoms with Gasteiger partial charge in [0, 0.05) is 19.1 Å². The van der Waals surface area contributed by atoms with Gasteiger partial charge in [-0.05, 0) is 38.5 Å². The Labute approximate surface area is 123 Å². The average Bonchev–Trinajstić information content (AvgIpc) is 2.95. The molecule has 1 saturated heterocycles. The van der Waals surface area contributed by atoms with Gasteiger partial charge >= 0.3 is 5.69 Å². The lowest BCUT2D eigenvalue weighted by Gasteiger charge is -2.38. The molecule has 2 fully saturated rings. The predicted molar refractivity (Wildman–Crippen MR) is 80.6 cm³/mol. The van der Waals surface area contributed by atoms with E-state index in [1.165, 1.54) is 25.5 Å². The highest BCUT2D eigenvalue weighted by atomic mass is 16.6. The Bertz CT molecular complexity index is 536. The maximum Gasteiger partial charge on any atom is 0.329 e. The van der Waals surface area contributed by atoms with Crippen molar-refractivity contribution in [3.63, 3.8) is 0 Å². The maximum atomic E-state index is 11.3. The fourth-order valence-electron chi connectivity index (χ4n) is 3.67. The molecule has 21 heavy (non-hydrogen) atoms. The van der Waals surface area contributed by atoms with E-state index in [2.05, 4.69) is 20.2 Å². The zero-order chi connectivity index (χ0) is 14.8. The van der Waals surface area contributed by atoms with Crippen molar-refractivity contribution in [2.24, 2.45) is 5.92 Å². The number of fused-ring (bicyclic) bond motifs is 1. The molecule has 1 aromatic heterocycles. The van der Waals surface area contributed by atoms with E-state index in [0.717, 1.165) is 19.4 Å². The highest BCUT2D eigenvalue weighted by molar-refractivity contribution is 5.60. The van der Waals surface area contributed by atoms with Crippen LogP contribution in [0.1, 0.15) is 39.0 Å². The van der Waals surface area contributed by atoms with E-state index in [-0.39, 0.29) is 10.6 Å². The van der Waals surface area contributed by atoms with Crippen LogP contribution in [0.4, 0.5) is 17.5 Å². The summed E-state index contributed by atoms with van der Waals surface area (Å²) in [5, 5.41) is 14.3. The number of aromatic nitrogens is 2. The molecule has 1 aliphatic heterocycles. The van der Waals surface area contributed by atoms with Gasteiger partial charge in [0.15, 0.2) is 0 Å². The zero-order valence-electron chi connectivity index (χ0n) is 12.3. The molecule has 0 spiro atoms. The summed E-state index contributed by atoms with van der Waals surface area (Å²) in [6, 6.07) is 0.404. The largest absolute Gasteiger partial charge is 0.354 e. The minimum absolute atomic E-state index is 0.0178. The lowest BCUT2D eigenvalue weighted by molar-refractivity contribution is -0.384. The summed E-state index contributed by atoms with van der Waals surface area (Å²) < 4.78 is 0. The Morgan fingerprint density at radius 2 is 2.24 bits per heavy atom. The van der Waals surface area contributed by atoms with Gasteiger partial charge in [0.1, 0.15) is 6.20 Å². The molecule has 7 nitrogen and oxygen atoms in total. The number of hydrogen-bond donors (Lipinski definition) is 1. The number of nitrogens with one attached hydrogen (secondary N) is 1. The Morgan fingerprint density at radius 1 is 1.43 bits per heavy atom. The first-order chi connectivity index (χ1) is 10.2. The molecule has 2 atom stereocenters. The van der Waals surface area contributed by atoms with Gasteiger partial charge in [-0.3, -0.25) is 10.1 Å². The van der Waals surface area contributed by atoms with E-state index in [1.807, 2.05) is 6.92 Å². The maximum absolute atomic E-state index is 11.3. The summed E-state index contributed by atoms with van der Waals surface area (Å²) in [6.45, 7) is 3.51. The van der Waals surface area contributed by atoms with Crippen LogP contribution >= 0.6 is 0 Å². The minimum Gasteiger partial charge on any atom is -0.354 e. The summed E-state index contributed by atoms with van der Waals surface area (Å²) in [5.74, 6) is 1.62. The van der Waals surface area contributed by atoms with Gasteiger partial charge in [0.05, 0.1) is 4.92 Å². The topological polar surface area (TPSA) is 84.2 Å². The van der Waals surface area contributed by atoms with Gasteiger partial charge < -0.3 is 10.2 Å². The number of anilines is 2. The van der Waals surface area contributed by atoms with E-state index in [9.17, 15) is 10.1 Å². The van der Waals surface area contributed by atoms with Crippen molar-refractivity contribution >= 4 is 17.5 Å². The van der Waals surface area contributed by atoms with Crippen molar-refractivity contribution in [3.05, 3.63) is 16.3 Å². The zero-order valence-corrected chi connectivity index (χ0v) is 12.3. The van der Waals surface area contributed by atoms with E-state index < -0.39 is 0 Å². The number of piperidine rings is 1. The third-order valence-electron chi connectivity index (χ3n) is 4.55. The summed E-state index contributed by atoms with van der Waals surface area (Å²) in [7, 11) is 0. The molecule has 0 amide bonds. The van der Waals surface area contributed by atoms with Crippen LogP contribution in [0.5, 0.6) is 0 Å². The van der Waals surface area contributed by atoms with Crippen LogP contribution < -0.4 is 10.2 Å². The molecule has 2 aliphatic rings. The summed E-state index contributed by atoms with van der Waals surface area (Å²) in [5.41, 5.74) is 0.0178. The van der Waals surface area contributed by atoms with Gasteiger partial charge in [-0.1, -0.05) is 6.42 Å². The number of nitrogens with zero attached hydrogens (tertiary/aromatic N) is 4. The molecule has 0 radical (unpaired) electrons. The first kappa shape index (κ1) is 14.0. The smallest absolute Gasteiger partial charge is 0.329 e. The Kier molecular flexibility index (Phi) is 3.90. The number of nitro groups is 1. The van der Waals surface area contributed by atoms with Gasteiger partial charge in [0.25, 0.3) is 0 Å². The van der Waals surface area contributed by atoms with E-state index in [0.29, 0.717) is 30.3 Å². The van der Waals surface area contributed by atoms with E-state index >= 15 is 0 Å². The van der Waals surface area contributed by atoms with Gasteiger partial charge in [-0.2, -0.15) is 4.98 Å². The van der Waals surface area contributed by atoms with Crippen LogP contribution in [-0.2, 0) is 0 Å². The molecule has 2 unspecified atom stereocenters. The summed E-state index contributed by atoms with van der Waals surface area (Å²) >= 11 is 0. The Balaban J connectivity index is 1.97.